The van der Waals surface area contributed by atoms with Crippen LogP contribution in [0.4, 0.5) is 5.69 Å². The second-order valence-corrected chi connectivity index (χ2v) is 4.74. The molecule has 4 heteroatoms. The second-order valence-electron chi connectivity index (χ2n) is 3.57. The van der Waals surface area contributed by atoms with E-state index in [1.54, 1.807) is 6.20 Å². The van der Waals surface area contributed by atoms with Crippen LogP contribution in [0.1, 0.15) is 11.1 Å². The molecule has 0 aliphatic carbocycles. The van der Waals surface area contributed by atoms with Gasteiger partial charge in [-0.15, -0.1) is 0 Å². The van der Waals surface area contributed by atoms with Crippen molar-refractivity contribution in [1.82, 2.24) is 4.98 Å². The van der Waals surface area contributed by atoms with Crippen molar-refractivity contribution in [3.8, 4) is 0 Å². The molecule has 0 saturated carbocycles. The van der Waals surface area contributed by atoms with Gasteiger partial charge >= 0.3 is 0 Å². The van der Waals surface area contributed by atoms with Crippen LogP contribution in [0.15, 0.2) is 16.7 Å². The molecule has 15 heavy (non-hydrogen) atoms. The van der Waals surface area contributed by atoms with Gasteiger partial charge in [0.15, 0.2) is 0 Å². The van der Waals surface area contributed by atoms with Crippen molar-refractivity contribution in [3.63, 3.8) is 0 Å². The van der Waals surface area contributed by atoms with Crippen LogP contribution in [0.25, 0.3) is 10.9 Å². The number of aromatic nitrogens is 1. The summed E-state index contributed by atoms with van der Waals surface area (Å²) in [4.78, 5) is 4.30. The number of aryl methyl sites for hydroxylation is 2. The van der Waals surface area contributed by atoms with E-state index >= 15 is 0 Å². The number of halogens is 2. The first-order chi connectivity index (χ1) is 7.02. The summed E-state index contributed by atoms with van der Waals surface area (Å²) >= 11 is 9.65. The zero-order valence-electron chi connectivity index (χ0n) is 8.44. The summed E-state index contributed by atoms with van der Waals surface area (Å²) in [6.07, 6.45) is 1.74. The van der Waals surface area contributed by atoms with Crippen LogP contribution in [-0.2, 0) is 0 Å². The van der Waals surface area contributed by atoms with E-state index in [4.69, 9.17) is 17.3 Å². The van der Waals surface area contributed by atoms with Crippen LogP contribution in [0, 0.1) is 13.8 Å². The van der Waals surface area contributed by atoms with Gasteiger partial charge in [-0.2, -0.15) is 0 Å². The van der Waals surface area contributed by atoms with Gasteiger partial charge in [-0.05, 0) is 47.0 Å². The van der Waals surface area contributed by atoms with Gasteiger partial charge in [-0.25, -0.2) is 0 Å². The molecule has 0 spiro atoms. The number of nitrogens with zero attached hydrogens (tertiary/aromatic N) is 1. The third-order valence-corrected chi connectivity index (χ3v) is 3.98. The Bertz CT molecular complexity index is 552. The molecule has 0 unspecified atom stereocenters. The molecule has 1 aromatic carbocycles. The fraction of sp³-hybridized carbons (Fsp3) is 0.182. The lowest BCUT2D eigenvalue weighted by Crippen LogP contribution is -1.95. The minimum absolute atomic E-state index is 0.645. The molecule has 0 atom stereocenters. The van der Waals surface area contributed by atoms with E-state index in [9.17, 15) is 0 Å². The molecular weight excluding hydrogens is 275 g/mol. The number of nitrogen functional groups attached to an aromatic ring is 1. The highest BCUT2D eigenvalue weighted by Crippen LogP contribution is 2.35. The number of rotatable bonds is 0. The highest BCUT2D eigenvalue weighted by molar-refractivity contribution is 9.10. The van der Waals surface area contributed by atoms with Crippen molar-refractivity contribution in [2.75, 3.05) is 5.73 Å². The molecule has 2 aromatic rings. The standard InChI is InChI=1S/C11H10BrClN2/c1-5-3-7-9(13)6(2)4-15-11(7)10(14)8(5)12/h3-4H,14H2,1-2H3. The van der Waals surface area contributed by atoms with Crippen molar-refractivity contribution in [1.29, 1.82) is 0 Å². The van der Waals surface area contributed by atoms with Gasteiger partial charge in [-0.1, -0.05) is 11.6 Å². The molecule has 0 bridgehead atoms. The van der Waals surface area contributed by atoms with E-state index in [1.165, 1.54) is 0 Å². The normalized spacial score (nSPS) is 10.9. The minimum Gasteiger partial charge on any atom is -0.396 e. The molecule has 2 N–H and O–H groups in total. The van der Waals surface area contributed by atoms with E-state index in [1.807, 2.05) is 19.9 Å². The van der Waals surface area contributed by atoms with Crippen molar-refractivity contribution in [3.05, 3.63) is 32.9 Å². The Balaban J connectivity index is 2.98. The summed E-state index contributed by atoms with van der Waals surface area (Å²) in [6, 6.07) is 2.00. The number of hydrogen-bond donors (Lipinski definition) is 1. The maximum Gasteiger partial charge on any atom is 0.0958 e. The van der Waals surface area contributed by atoms with Gasteiger partial charge in [0.05, 0.1) is 16.2 Å². The molecule has 2 nitrogen and oxygen atoms in total. The number of benzene rings is 1. The van der Waals surface area contributed by atoms with Crippen molar-refractivity contribution in [2.24, 2.45) is 0 Å². The summed E-state index contributed by atoms with van der Waals surface area (Å²) in [6.45, 7) is 3.92. The molecule has 0 aliphatic rings. The van der Waals surface area contributed by atoms with Gasteiger partial charge in [-0.3, -0.25) is 4.98 Å². The zero-order valence-corrected chi connectivity index (χ0v) is 10.8. The third kappa shape index (κ3) is 1.60. The van der Waals surface area contributed by atoms with E-state index < -0.39 is 0 Å². The summed E-state index contributed by atoms with van der Waals surface area (Å²) in [7, 11) is 0. The molecule has 2 rings (SSSR count). The molecule has 0 amide bonds. The van der Waals surface area contributed by atoms with Crippen molar-refractivity contribution < 1.29 is 0 Å². The molecule has 1 heterocycles. The summed E-state index contributed by atoms with van der Waals surface area (Å²) in [5, 5.41) is 1.64. The van der Waals surface area contributed by atoms with E-state index in [0.29, 0.717) is 5.69 Å². The summed E-state index contributed by atoms with van der Waals surface area (Å²) in [5.41, 5.74) is 9.40. The SMILES string of the molecule is Cc1cc2c(Cl)c(C)cnc2c(N)c1Br. The van der Waals surface area contributed by atoms with Gasteiger partial charge < -0.3 is 5.73 Å². The fourth-order valence-electron chi connectivity index (χ4n) is 1.55. The predicted molar refractivity (Wildman–Crippen MR) is 68.3 cm³/mol. The molecular formula is C11H10BrClN2. The lowest BCUT2D eigenvalue weighted by atomic mass is 10.1. The Morgan fingerprint density at radius 1 is 1.33 bits per heavy atom. The monoisotopic (exact) mass is 284 g/mol. The van der Waals surface area contributed by atoms with Gasteiger partial charge in [0.25, 0.3) is 0 Å². The van der Waals surface area contributed by atoms with Gasteiger partial charge in [0.2, 0.25) is 0 Å². The third-order valence-electron chi connectivity index (χ3n) is 2.42. The van der Waals surface area contributed by atoms with Crippen LogP contribution in [0.2, 0.25) is 5.02 Å². The summed E-state index contributed by atoms with van der Waals surface area (Å²) in [5.74, 6) is 0. The largest absolute Gasteiger partial charge is 0.396 e. The Morgan fingerprint density at radius 2 is 2.00 bits per heavy atom. The maximum atomic E-state index is 6.21. The molecule has 0 aliphatic heterocycles. The Kier molecular flexibility index (Phi) is 2.61. The highest BCUT2D eigenvalue weighted by Gasteiger charge is 2.10. The Hall–Kier alpha value is -0.800. The lowest BCUT2D eigenvalue weighted by Gasteiger charge is -2.09. The van der Waals surface area contributed by atoms with Crippen molar-refractivity contribution in [2.45, 2.75) is 13.8 Å². The number of nitrogens with two attached hydrogens (primary N) is 1. The first-order valence-electron chi connectivity index (χ1n) is 4.51. The zero-order chi connectivity index (χ0) is 11.2. The van der Waals surface area contributed by atoms with Crippen LogP contribution >= 0.6 is 27.5 Å². The summed E-state index contributed by atoms with van der Waals surface area (Å²) < 4.78 is 0.891. The molecule has 0 radical (unpaired) electrons. The highest BCUT2D eigenvalue weighted by atomic mass is 79.9. The predicted octanol–water partition coefficient (Wildman–Crippen LogP) is 3.85. The quantitative estimate of drug-likeness (QED) is 0.747. The topological polar surface area (TPSA) is 38.9 Å². The van der Waals surface area contributed by atoms with Crippen LogP contribution in [0.3, 0.4) is 0 Å². The number of fused-ring (bicyclic) bond motifs is 1. The second kappa shape index (κ2) is 3.65. The van der Waals surface area contributed by atoms with E-state index in [2.05, 4.69) is 20.9 Å². The molecule has 1 aromatic heterocycles. The number of pyridine rings is 1. The van der Waals surface area contributed by atoms with Gasteiger partial charge in [0, 0.05) is 16.1 Å². The minimum atomic E-state index is 0.645. The molecule has 78 valence electrons. The van der Waals surface area contributed by atoms with Crippen LogP contribution < -0.4 is 5.73 Å². The Morgan fingerprint density at radius 3 is 2.67 bits per heavy atom. The smallest absolute Gasteiger partial charge is 0.0958 e. The first kappa shape index (κ1) is 10.7. The first-order valence-corrected chi connectivity index (χ1v) is 5.69. The van der Waals surface area contributed by atoms with Crippen LogP contribution in [0.5, 0.6) is 0 Å². The number of anilines is 1. The van der Waals surface area contributed by atoms with E-state index in [0.717, 1.165) is 31.5 Å². The number of hydrogen-bond acceptors (Lipinski definition) is 2. The van der Waals surface area contributed by atoms with Crippen molar-refractivity contribution >= 4 is 44.1 Å². The molecule has 0 fully saturated rings. The fourth-order valence-corrected chi connectivity index (χ4v) is 2.04. The molecule has 0 saturated heterocycles. The van der Waals surface area contributed by atoms with Gasteiger partial charge in [0.1, 0.15) is 0 Å². The maximum absolute atomic E-state index is 6.21. The van der Waals surface area contributed by atoms with Crippen LogP contribution in [-0.4, -0.2) is 4.98 Å². The Labute approximate surface area is 102 Å². The average molecular weight is 286 g/mol. The van der Waals surface area contributed by atoms with E-state index in [-0.39, 0.29) is 0 Å². The lowest BCUT2D eigenvalue weighted by molar-refractivity contribution is 1.32. The average Bonchev–Trinajstić information content (AvgIpc) is 2.21.